The van der Waals surface area contributed by atoms with Crippen molar-refractivity contribution in [3.05, 3.63) is 29.8 Å². The molecule has 192 valence electrons. The Morgan fingerprint density at radius 1 is 0.882 bits per heavy atom. The van der Waals surface area contributed by atoms with Gasteiger partial charge in [0.15, 0.2) is 0 Å². The van der Waals surface area contributed by atoms with E-state index in [1.165, 1.54) is 21.0 Å². The van der Waals surface area contributed by atoms with Crippen LogP contribution in [0.1, 0.15) is 25.3 Å². The van der Waals surface area contributed by atoms with Crippen molar-refractivity contribution in [2.24, 2.45) is 11.8 Å². The lowest BCUT2D eigenvalue weighted by Crippen LogP contribution is -2.73. The van der Waals surface area contributed by atoms with Crippen molar-refractivity contribution in [1.82, 2.24) is 0 Å². The number of methoxy groups -OCH3 is 1. The molecule has 2 N–H and O–H groups in total. The number of benzene rings is 1. The van der Waals surface area contributed by atoms with Crippen molar-refractivity contribution in [2.45, 2.75) is 43.7 Å². The summed E-state index contributed by atoms with van der Waals surface area (Å²) < 4.78 is 102. The molecule has 0 saturated carbocycles. The first-order valence-corrected chi connectivity index (χ1v) is 9.84. The number of hydrogen-bond donors (Lipinski definition) is 2. The van der Waals surface area contributed by atoms with Gasteiger partial charge in [-0.25, -0.2) is 0 Å². The van der Waals surface area contributed by atoms with Crippen LogP contribution in [-0.2, 0) is 23.8 Å². The Labute approximate surface area is 189 Å². The highest BCUT2D eigenvalue weighted by Crippen LogP contribution is 2.59. The van der Waals surface area contributed by atoms with Crippen LogP contribution < -0.4 is 4.74 Å². The molecule has 1 aliphatic heterocycles. The molecule has 2 rings (SSSR count). The molecule has 8 nitrogen and oxygen atoms in total. The van der Waals surface area contributed by atoms with Gasteiger partial charge >= 0.3 is 24.3 Å². The first kappa shape index (κ1) is 27.7. The molecule has 1 saturated heterocycles. The highest BCUT2D eigenvalue weighted by molar-refractivity contribution is 5.81. The van der Waals surface area contributed by atoms with Crippen molar-refractivity contribution in [3.8, 4) is 5.75 Å². The van der Waals surface area contributed by atoms with E-state index in [2.05, 4.69) is 14.2 Å². The van der Waals surface area contributed by atoms with Crippen LogP contribution in [0.5, 0.6) is 5.75 Å². The van der Waals surface area contributed by atoms with Crippen molar-refractivity contribution in [1.29, 1.82) is 0 Å². The molecule has 1 fully saturated rings. The minimum Gasteiger partial charge on any atom is -0.497 e. The van der Waals surface area contributed by atoms with Crippen LogP contribution in [0.4, 0.5) is 26.3 Å². The maximum absolute atomic E-state index is 14.0. The van der Waals surface area contributed by atoms with E-state index in [9.17, 15) is 46.1 Å². The molecule has 0 amide bonds. The van der Waals surface area contributed by atoms with Gasteiger partial charge in [-0.2, -0.15) is 26.3 Å². The van der Waals surface area contributed by atoms with Crippen LogP contribution in [0, 0.1) is 11.8 Å². The Morgan fingerprint density at radius 3 is 1.56 bits per heavy atom. The molecule has 1 aromatic carbocycles. The molecule has 5 atom stereocenters. The Hall–Kier alpha value is -2.58. The van der Waals surface area contributed by atoms with Gasteiger partial charge in [0.1, 0.15) is 17.6 Å². The van der Waals surface area contributed by atoms with E-state index in [1.807, 2.05) is 0 Å². The van der Waals surface area contributed by atoms with Crippen LogP contribution >= 0.6 is 0 Å². The standard InChI is InChI=1S/C20H22F6O8/c1-4-32-15(27)13-12(10-6-8-11(31-3)9-7-10)14(16(28)33-5-2)18(30,20(24,25)26)34-17(13,29)19(21,22)23/h6-9,12-14,29-30H,4-5H2,1-3H3/t12?,13-,14-,17-,18+/m1/s1. The van der Waals surface area contributed by atoms with E-state index < -0.39 is 72.4 Å². The number of carbonyl (C=O) groups is 2. The molecule has 1 unspecified atom stereocenters. The SMILES string of the molecule is CCOC(=O)[C@H]1C(c2ccc(OC)cc2)[C@H](C(=O)OCC)[C@](O)(C(F)(F)F)O[C@]1(O)C(F)(F)F. The summed E-state index contributed by atoms with van der Waals surface area (Å²) in [5, 5.41) is 20.9. The number of carbonyl (C=O) groups excluding carboxylic acids is 2. The summed E-state index contributed by atoms with van der Waals surface area (Å²) in [6, 6.07) is 4.21. The Balaban J connectivity index is 2.95. The summed E-state index contributed by atoms with van der Waals surface area (Å²) in [7, 11) is 1.23. The molecule has 0 radical (unpaired) electrons. The van der Waals surface area contributed by atoms with Crippen LogP contribution in [-0.4, -0.2) is 66.4 Å². The number of halogens is 6. The van der Waals surface area contributed by atoms with Crippen LogP contribution in [0.15, 0.2) is 24.3 Å². The van der Waals surface area contributed by atoms with Crippen LogP contribution in [0.2, 0.25) is 0 Å². The number of aliphatic hydroxyl groups is 2. The number of alkyl halides is 6. The molecule has 0 aromatic heterocycles. The quantitative estimate of drug-likeness (QED) is 0.450. The third-order valence-corrected chi connectivity index (χ3v) is 5.27. The highest BCUT2D eigenvalue weighted by Gasteiger charge is 2.80. The van der Waals surface area contributed by atoms with Gasteiger partial charge in [-0.1, -0.05) is 12.1 Å². The molecule has 1 aliphatic rings. The van der Waals surface area contributed by atoms with Crippen molar-refractivity contribution < 1.29 is 65.1 Å². The van der Waals surface area contributed by atoms with Crippen molar-refractivity contribution in [3.63, 3.8) is 0 Å². The van der Waals surface area contributed by atoms with Crippen LogP contribution in [0.25, 0.3) is 0 Å². The fourth-order valence-corrected chi connectivity index (χ4v) is 3.80. The van der Waals surface area contributed by atoms with Gasteiger partial charge in [0.25, 0.3) is 11.6 Å². The van der Waals surface area contributed by atoms with Gasteiger partial charge in [-0.05, 0) is 31.5 Å². The minimum absolute atomic E-state index is 0.133. The normalized spacial score (nSPS) is 29.9. The number of ether oxygens (including phenoxy) is 4. The highest BCUT2D eigenvalue weighted by atomic mass is 19.4. The van der Waals surface area contributed by atoms with E-state index in [-0.39, 0.29) is 5.75 Å². The predicted molar refractivity (Wildman–Crippen MR) is 99.1 cm³/mol. The number of hydrogen-bond acceptors (Lipinski definition) is 8. The number of esters is 2. The zero-order valence-electron chi connectivity index (χ0n) is 18.1. The Bertz CT molecular complexity index is 839. The maximum atomic E-state index is 14.0. The monoisotopic (exact) mass is 504 g/mol. The average molecular weight is 504 g/mol. The Morgan fingerprint density at radius 2 is 1.26 bits per heavy atom. The third kappa shape index (κ3) is 4.66. The maximum Gasteiger partial charge on any atom is 0.444 e. The van der Waals surface area contributed by atoms with Gasteiger partial charge < -0.3 is 29.2 Å². The van der Waals surface area contributed by atoms with E-state index in [0.29, 0.717) is 0 Å². The van der Waals surface area contributed by atoms with E-state index in [4.69, 9.17) is 4.74 Å². The lowest BCUT2D eigenvalue weighted by Gasteiger charge is -2.53. The van der Waals surface area contributed by atoms with E-state index in [1.54, 1.807) is 0 Å². The lowest BCUT2D eigenvalue weighted by atomic mass is 9.67. The van der Waals surface area contributed by atoms with E-state index in [0.717, 1.165) is 24.3 Å². The zero-order valence-corrected chi connectivity index (χ0v) is 18.1. The fourth-order valence-electron chi connectivity index (χ4n) is 3.80. The molecular weight excluding hydrogens is 482 g/mol. The average Bonchev–Trinajstić information content (AvgIpc) is 2.72. The fraction of sp³-hybridized carbons (Fsp3) is 0.600. The second-order valence-corrected chi connectivity index (χ2v) is 7.25. The predicted octanol–water partition coefficient (Wildman–Crippen LogP) is 2.67. The first-order chi connectivity index (χ1) is 15.6. The Kier molecular flexibility index (Phi) is 7.80. The van der Waals surface area contributed by atoms with Crippen molar-refractivity contribution >= 4 is 11.9 Å². The second kappa shape index (κ2) is 9.58. The zero-order chi connectivity index (χ0) is 26.1. The summed E-state index contributed by atoms with van der Waals surface area (Å²) in [6.45, 7) is 1.36. The summed E-state index contributed by atoms with van der Waals surface area (Å²) in [6.07, 6.45) is -12.1. The summed E-state index contributed by atoms with van der Waals surface area (Å²) >= 11 is 0. The largest absolute Gasteiger partial charge is 0.497 e. The molecule has 0 bridgehead atoms. The molecular formula is C20H22F6O8. The molecule has 1 aromatic rings. The lowest BCUT2D eigenvalue weighted by molar-refractivity contribution is -0.507. The van der Waals surface area contributed by atoms with Crippen molar-refractivity contribution in [2.75, 3.05) is 20.3 Å². The first-order valence-electron chi connectivity index (χ1n) is 9.84. The number of rotatable bonds is 6. The molecule has 14 heteroatoms. The van der Waals surface area contributed by atoms with Gasteiger partial charge in [0, 0.05) is 5.92 Å². The van der Waals surface area contributed by atoms with Gasteiger partial charge in [-0.15, -0.1) is 0 Å². The van der Waals surface area contributed by atoms with E-state index >= 15 is 0 Å². The molecule has 34 heavy (non-hydrogen) atoms. The molecule has 0 aliphatic carbocycles. The summed E-state index contributed by atoms with van der Waals surface area (Å²) in [5.41, 5.74) is -0.467. The summed E-state index contributed by atoms with van der Waals surface area (Å²) in [5.74, 6) is -21.7. The van der Waals surface area contributed by atoms with Crippen LogP contribution in [0.3, 0.4) is 0 Å². The molecule has 0 spiro atoms. The smallest absolute Gasteiger partial charge is 0.444 e. The molecule has 1 heterocycles. The van der Waals surface area contributed by atoms with Gasteiger partial charge in [-0.3, -0.25) is 9.59 Å². The van der Waals surface area contributed by atoms with Gasteiger partial charge in [0.05, 0.1) is 20.3 Å². The third-order valence-electron chi connectivity index (χ3n) is 5.27. The topological polar surface area (TPSA) is 112 Å². The van der Waals surface area contributed by atoms with Gasteiger partial charge in [0.2, 0.25) is 0 Å². The minimum atomic E-state index is -6.05. The second-order valence-electron chi connectivity index (χ2n) is 7.25. The summed E-state index contributed by atoms with van der Waals surface area (Å²) in [4.78, 5) is 25.3.